The molecule has 0 radical (unpaired) electrons. The minimum Gasteiger partial charge on any atom is -0.467 e. The molecule has 1 saturated heterocycles. The predicted molar refractivity (Wildman–Crippen MR) is 194 cm³/mol. The molecule has 264 valence electrons. The Labute approximate surface area is 302 Å². The minimum atomic E-state index is -0.340. The van der Waals surface area contributed by atoms with Gasteiger partial charge in [-0.2, -0.15) is 10.1 Å². The standard InChI is InChI=1S/C37H35FN10O3S/c1-22-9-10-24(45(2)33-11-14-39-37(40-33)50-4)17-27(22)31-21-48(44-41-31)20-25-18-30(43-51-25)23-12-15-47(16-13-23)35(49)32-19-28-34(42-46(3)36(28)52-32)26-7-5-6-8-29(26)38/h5-11,14,17-19,21,23H,12-13,15-16,20H2,1-4H3. The van der Waals surface area contributed by atoms with Crippen molar-refractivity contribution in [2.45, 2.75) is 32.2 Å². The number of nitrogens with zero attached hydrogens (tertiary/aromatic N) is 10. The quantitative estimate of drug-likeness (QED) is 0.160. The molecular weight excluding hydrogens is 684 g/mol. The Morgan fingerprint density at radius 1 is 1.10 bits per heavy atom. The molecule has 1 aliphatic heterocycles. The summed E-state index contributed by atoms with van der Waals surface area (Å²) in [7, 11) is 5.29. The number of carbonyl (C=O) groups excluding carboxylic acids is 1. The first kappa shape index (κ1) is 33.2. The molecule has 0 aliphatic carbocycles. The van der Waals surface area contributed by atoms with Gasteiger partial charge in [-0.25, -0.2) is 14.1 Å². The van der Waals surface area contributed by atoms with Crippen LogP contribution in [0.5, 0.6) is 6.01 Å². The van der Waals surface area contributed by atoms with Crippen molar-refractivity contribution in [2.75, 3.05) is 32.1 Å². The Hall–Kier alpha value is -5.96. The van der Waals surface area contributed by atoms with Gasteiger partial charge in [0.25, 0.3) is 5.91 Å². The molecule has 5 aromatic heterocycles. The van der Waals surface area contributed by atoms with E-state index in [1.807, 2.05) is 67.3 Å². The van der Waals surface area contributed by atoms with Crippen LogP contribution in [0.15, 0.2) is 77.6 Å². The highest BCUT2D eigenvalue weighted by atomic mass is 32.1. The number of carbonyl (C=O) groups is 1. The van der Waals surface area contributed by atoms with E-state index in [4.69, 9.17) is 9.26 Å². The van der Waals surface area contributed by atoms with Crippen LogP contribution in [0, 0.1) is 12.7 Å². The fraction of sp³-hybridized carbons (Fsp3) is 0.270. The Morgan fingerprint density at radius 3 is 2.73 bits per heavy atom. The molecule has 1 amide bonds. The number of amides is 1. The molecule has 8 rings (SSSR count). The van der Waals surface area contributed by atoms with Gasteiger partial charge in [0.1, 0.15) is 34.4 Å². The van der Waals surface area contributed by atoms with Crippen molar-refractivity contribution in [2.24, 2.45) is 7.05 Å². The minimum absolute atomic E-state index is 0.0244. The topological polar surface area (TPSA) is 133 Å². The van der Waals surface area contributed by atoms with Crippen LogP contribution in [-0.2, 0) is 13.6 Å². The van der Waals surface area contributed by atoms with Gasteiger partial charge in [-0.3, -0.25) is 9.48 Å². The van der Waals surface area contributed by atoms with Gasteiger partial charge in [-0.05, 0) is 61.7 Å². The van der Waals surface area contributed by atoms with Gasteiger partial charge in [0.05, 0.1) is 23.9 Å². The Kier molecular flexibility index (Phi) is 8.71. The van der Waals surface area contributed by atoms with Crippen LogP contribution in [0.25, 0.3) is 32.7 Å². The lowest BCUT2D eigenvalue weighted by Crippen LogP contribution is -2.37. The van der Waals surface area contributed by atoms with Crippen molar-refractivity contribution in [3.8, 4) is 28.5 Å². The first-order valence-electron chi connectivity index (χ1n) is 16.8. The highest BCUT2D eigenvalue weighted by Crippen LogP contribution is 2.36. The molecule has 0 unspecified atom stereocenters. The van der Waals surface area contributed by atoms with E-state index in [0.29, 0.717) is 53.4 Å². The third-order valence-electron chi connectivity index (χ3n) is 9.51. The van der Waals surface area contributed by atoms with Crippen LogP contribution in [0.4, 0.5) is 15.9 Å². The summed E-state index contributed by atoms with van der Waals surface area (Å²) in [5, 5.41) is 18.5. The second-order valence-electron chi connectivity index (χ2n) is 12.8. The van der Waals surface area contributed by atoms with Crippen LogP contribution in [0.2, 0.25) is 0 Å². The van der Waals surface area contributed by atoms with Crippen LogP contribution in [0.3, 0.4) is 0 Å². The number of methoxy groups -OCH3 is 1. The number of likely N-dealkylation sites (tertiary alicyclic amines) is 1. The van der Waals surface area contributed by atoms with Gasteiger partial charge in [0.2, 0.25) is 0 Å². The van der Waals surface area contributed by atoms with Crippen LogP contribution in [0.1, 0.15) is 45.4 Å². The maximum absolute atomic E-state index is 14.6. The molecule has 1 aliphatic rings. The molecule has 6 heterocycles. The summed E-state index contributed by atoms with van der Waals surface area (Å²) in [6.07, 6.45) is 5.10. The van der Waals surface area contributed by atoms with E-state index in [9.17, 15) is 9.18 Å². The van der Waals surface area contributed by atoms with Gasteiger partial charge in [0, 0.05) is 67.6 Å². The number of anilines is 2. The monoisotopic (exact) mass is 718 g/mol. The summed E-state index contributed by atoms with van der Waals surface area (Å²) in [6, 6.07) is 18.6. The fourth-order valence-corrected chi connectivity index (χ4v) is 7.67. The molecule has 7 aromatic rings. The van der Waals surface area contributed by atoms with E-state index in [-0.39, 0.29) is 17.6 Å². The molecule has 52 heavy (non-hydrogen) atoms. The number of thiophene rings is 1. The zero-order chi connectivity index (χ0) is 35.9. The normalized spacial score (nSPS) is 13.6. The number of fused-ring (bicyclic) bond motifs is 1. The SMILES string of the molecule is COc1nccc(N(C)c2ccc(C)c(-c3cn(Cc4cc(C5CCN(C(=O)c6cc7c(-c8ccccc8F)nn(C)c7s6)CC5)no4)nn3)c2)n1. The van der Waals surface area contributed by atoms with Crippen LogP contribution in [-0.4, -0.2) is 78.0 Å². The molecule has 0 N–H and O–H groups in total. The van der Waals surface area contributed by atoms with E-state index in [1.165, 1.54) is 17.4 Å². The van der Waals surface area contributed by atoms with Gasteiger partial charge in [0.15, 0.2) is 5.76 Å². The van der Waals surface area contributed by atoms with E-state index in [1.54, 1.807) is 40.9 Å². The summed E-state index contributed by atoms with van der Waals surface area (Å²) in [5.41, 5.74) is 5.52. The zero-order valence-electron chi connectivity index (χ0n) is 29.0. The second kappa shape index (κ2) is 13.6. The van der Waals surface area contributed by atoms with E-state index < -0.39 is 0 Å². The van der Waals surface area contributed by atoms with Gasteiger partial charge in [-0.15, -0.1) is 16.4 Å². The summed E-state index contributed by atoms with van der Waals surface area (Å²) in [6.45, 7) is 3.62. The lowest BCUT2D eigenvalue weighted by Gasteiger charge is -2.30. The van der Waals surface area contributed by atoms with E-state index in [0.717, 1.165) is 51.3 Å². The van der Waals surface area contributed by atoms with Gasteiger partial charge < -0.3 is 19.1 Å². The molecule has 0 saturated carbocycles. The van der Waals surface area contributed by atoms with Crippen molar-refractivity contribution < 1.29 is 18.4 Å². The number of aromatic nitrogens is 8. The number of piperidine rings is 1. The first-order chi connectivity index (χ1) is 25.2. The highest BCUT2D eigenvalue weighted by molar-refractivity contribution is 7.20. The lowest BCUT2D eigenvalue weighted by atomic mass is 9.93. The third-order valence-corrected chi connectivity index (χ3v) is 10.7. The lowest BCUT2D eigenvalue weighted by molar-refractivity contribution is 0.0716. The number of aryl methyl sites for hydroxylation is 2. The third kappa shape index (κ3) is 6.27. The van der Waals surface area contributed by atoms with Crippen molar-refractivity contribution in [1.29, 1.82) is 0 Å². The summed E-state index contributed by atoms with van der Waals surface area (Å²) in [4.78, 5) is 27.4. The van der Waals surface area contributed by atoms with Gasteiger partial charge >= 0.3 is 6.01 Å². The number of benzene rings is 2. The average Bonchev–Trinajstić information content (AvgIpc) is 3.98. The summed E-state index contributed by atoms with van der Waals surface area (Å²) in [5.74, 6) is 1.19. The summed E-state index contributed by atoms with van der Waals surface area (Å²) < 4.78 is 29.0. The van der Waals surface area contributed by atoms with Crippen molar-refractivity contribution in [3.05, 3.63) is 101 Å². The van der Waals surface area contributed by atoms with E-state index >= 15 is 0 Å². The van der Waals surface area contributed by atoms with E-state index in [2.05, 4.69) is 36.6 Å². The highest BCUT2D eigenvalue weighted by Gasteiger charge is 2.29. The molecule has 15 heteroatoms. The molecule has 0 bridgehead atoms. The van der Waals surface area contributed by atoms with Crippen LogP contribution >= 0.6 is 11.3 Å². The number of hydrogen-bond donors (Lipinski definition) is 0. The number of ether oxygens (including phenoxy) is 1. The number of halogens is 1. The summed E-state index contributed by atoms with van der Waals surface area (Å²) >= 11 is 1.39. The van der Waals surface area contributed by atoms with Gasteiger partial charge in [-0.1, -0.05) is 28.6 Å². The fourth-order valence-electron chi connectivity index (χ4n) is 6.63. The Bertz CT molecular complexity index is 2410. The smallest absolute Gasteiger partial charge is 0.318 e. The average molecular weight is 719 g/mol. The molecule has 1 fully saturated rings. The Morgan fingerprint density at radius 2 is 1.92 bits per heavy atom. The maximum Gasteiger partial charge on any atom is 0.318 e. The largest absolute Gasteiger partial charge is 0.467 e. The molecular formula is C37H35FN10O3S. The molecule has 13 nitrogen and oxygen atoms in total. The number of rotatable bonds is 9. The molecule has 2 aromatic carbocycles. The van der Waals surface area contributed by atoms with Crippen LogP contribution < -0.4 is 9.64 Å². The predicted octanol–water partition coefficient (Wildman–Crippen LogP) is 6.63. The maximum atomic E-state index is 14.6. The zero-order valence-corrected chi connectivity index (χ0v) is 29.8. The van der Waals surface area contributed by atoms with Crippen molar-refractivity contribution in [3.63, 3.8) is 0 Å². The first-order valence-corrected chi connectivity index (χ1v) is 17.7. The van der Waals surface area contributed by atoms with Crippen molar-refractivity contribution in [1.82, 2.24) is 44.8 Å². The number of hydrogen-bond acceptors (Lipinski definition) is 11. The van der Waals surface area contributed by atoms with Crippen molar-refractivity contribution >= 4 is 39.0 Å². The molecule has 0 atom stereocenters. The second-order valence-corrected chi connectivity index (χ2v) is 13.9. The Balaban J connectivity index is 0.907. The molecule has 0 spiro atoms.